The van der Waals surface area contributed by atoms with Crippen LogP contribution >= 0.6 is 0 Å². The number of benzene rings is 1. The van der Waals surface area contributed by atoms with E-state index in [0.717, 1.165) is 30.7 Å². The minimum Gasteiger partial charge on any atom is -0.497 e. The molecule has 2 aromatic heterocycles. The number of nitrogens with zero attached hydrogens (tertiary/aromatic N) is 4. The van der Waals surface area contributed by atoms with E-state index >= 15 is 0 Å². The molecule has 0 spiro atoms. The average Bonchev–Trinajstić information content (AvgIpc) is 3.24. The van der Waals surface area contributed by atoms with Crippen LogP contribution in [-0.2, 0) is 0 Å². The topological polar surface area (TPSA) is 81.4 Å². The standard InChI is InChI=1S/C20H20N4O3/c1-26-17-8-2-5-14(11-17)18-22-23-19(27-18)16-7-4-10-24(13-16)20(25)15-6-3-9-21-12-15/h2-3,5-6,8-9,11-12,16H,4,7,10,13H2,1H3/t16-/m0/s1. The Labute approximate surface area is 157 Å². The van der Waals surface area contributed by atoms with Crippen molar-refractivity contribution in [1.29, 1.82) is 0 Å². The molecule has 0 aliphatic carbocycles. The van der Waals surface area contributed by atoms with E-state index in [2.05, 4.69) is 15.2 Å². The third-order valence-electron chi connectivity index (χ3n) is 4.72. The second-order valence-corrected chi connectivity index (χ2v) is 6.51. The lowest BCUT2D eigenvalue weighted by atomic mass is 9.97. The summed E-state index contributed by atoms with van der Waals surface area (Å²) in [4.78, 5) is 18.5. The predicted octanol–water partition coefficient (Wildman–Crippen LogP) is 3.16. The van der Waals surface area contributed by atoms with Crippen molar-refractivity contribution in [3.8, 4) is 17.2 Å². The Morgan fingerprint density at radius 1 is 1.26 bits per heavy atom. The molecule has 1 aromatic carbocycles. The molecule has 0 radical (unpaired) electrons. The van der Waals surface area contributed by atoms with Crippen LogP contribution in [-0.4, -0.2) is 46.2 Å². The van der Waals surface area contributed by atoms with Gasteiger partial charge < -0.3 is 14.1 Å². The third kappa shape index (κ3) is 3.67. The predicted molar refractivity (Wildman–Crippen MR) is 98.4 cm³/mol. The molecule has 27 heavy (non-hydrogen) atoms. The molecule has 0 unspecified atom stereocenters. The van der Waals surface area contributed by atoms with Gasteiger partial charge in [-0.2, -0.15) is 0 Å². The van der Waals surface area contributed by atoms with Crippen LogP contribution in [0.4, 0.5) is 0 Å². The first kappa shape index (κ1) is 17.2. The molecular weight excluding hydrogens is 344 g/mol. The number of pyridine rings is 1. The van der Waals surface area contributed by atoms with Crippen LogP contribution in [0.1, 0.15) is 35.0 Å². The zero-order valence-electron chi connectivity index (χ0n) is 15.0. The molecule has 3 aromatic rings. The number of aromatic nitrogens is 3. The van der Waals surface area contributed by atoms with Crippen LogP contribution in [0.2, 0.25) is 0 Å². The van der Waals surface area contributed by atoms with E-state index in [9.17, 15) is 4.79 Å². The highest BCUT2D eigenvalue weighted by Crippen LogP contribution is 2.30. The second kappa shape index (κ2) is 7.57. The molecule has 1 aliphatic heterocycles. The summed E-state index contributed by atoms with van der Waals surface area (Å²) < 4.78 is 11.2. The Hall–Kier alpha value is -3.22. The highest BCUT2D eigenvalue weighted by Gasteiger charge is 2.29. The van der Waals surface area contributed by atoms with Gasteiger partial charge in [-0.15, -0.1) is 10.2 Å². The lowest BCUT2D eigenvalue weighted by molar-refractivity contribution is 0.0698. The lowest BCUT2D eigenvalue weighted by Crippen LogP contribution is -2.39. The van der Waals surface area contributed by atoms with E-state index in [4.69, 9.17) is 9.15 Å². The molecule has 0 bridgehead atoms. The van der Waals surface area contributed by atoms with Crippen LogP contribution in [0, 0.1) is 0 Å². The van der Waals surface area contributed by atoms with Gasteiger partial charge in [-0.05, 0) is 43.2 Å². The quantitative estimate of drug-likeness (QED) is 0.707. The van der Waals surface area contributed by atoms with E-state index in [1.165, 1.54) is 0 Å². The van der Waals surface area contributed by atoms with Crippen LogP contribution in [0.3, 0.4) is 0 Å². The SMILES string of the molecule is COc1cccc(-c2nnc([C@H]3CCCN(C(=O)c4cccnc4)C3)o2)c1. The summed E-state index contributed by atoms with van der Waals surface area (Å²) in [5, 5.41) is 8.41. The molecule has 3 heterocycles. The summed E-state index contributed by atoms with van der Waals surface area (Å²) in [6.45, 7) is 1.29. The van der Waals surface area contributed by atoms with Crippen LogP contribution in [0.25, 0.3) is 11.5 Å². The Morgan fingerprint density at radius 3 is 3.00 bits per heavy atom. The van der Waals surface area contributed by atoms with Crippen molar-refractivity contribution >= 4 is 5.91 Å². The van der Waals surface area contributed by atoms with Gasteiger partial charge in [-0.1, -0.05) is 6.07 Å². The Bertz CT molecular complexity index is 926. The normalized spacial score (nSPS) is 16.9. The van der Waals surface area contributed by atoms with Crippen LogP contribution < -0.4 is 4.74 Å². The summed E-state index contributed by atoms with van der Waals surface area (Å²) in [5.74, 6) is 1.78. The van der Waals surface area contributed by atoms with Crippen LogP contribution in [0.15, 0.2) is 53.2 Å². The molecule has 7 heteroatoms. The molecule has 138 valence electrons. The molecule has 0 N–H and O–H groups in total. The number of methoxy groups -OCH3 is 1. The fourth-order valence-corrected chi connectivity index (χ4v) is 3.31. The number of amides is 1. The molecule has 1 saturated heterocycles. The van der Waals surface area contributed by atoms with E-state index in [-0.39, 0.29) is 11.8 Å². The van der Waals surface area contributed by atoms with Crippen molar-refractivity contribution in [2.75, 3.05) is 20.2 Å². The molecule has 7 nitrogen and oxygen atoms in total. The first-order chi connectivity index (χ1) is 13.2. The van der Waals surface area contributed by atoms with Crippen molar-refractivity contribution in [2.45, 2.75) is 18.8 Å². The van der Waals surface area contributed by atoms with E-state index in [1.807, 2.05) is 29.2 Å². The number of hydrogen-bond acceptors (Lipinski definition) is 6. The lowest BCUT2D eigenvalue weighted by Gasteiger charge is -2.31. The third-order valence-corrected chi connectivity index (χ3v) is 4.72. The van der Waals surface area contributed by atoms with Crippen molar-refractivity contribution in [3.05, 3.63) is 60.2 Å². The molecule has 1 fully saturated rings. The first-order valence-electron chi connectivity index (χ1n) is 8.91. The molecule has 4 rings (SSSR count). The summed E-state index contributed by atoms with van der Waals surface area (Å²) >= 11 is 0. The number of likely N-dealkylation sites (tertiary alicyclic amines) is 1. The number of carbonyl (C=O) groups is 1. The molecule has 1 aliphatic rings. The largest absolute Gasteiger partial charge is 0.497 e. The van der Waals surface area contributed by atoms with Crippen LogP contribution in [0.5, 0.6) is 5.75 Å². The zero-order valence-corrected chi connectivity index (χ0v) is 15.0. The van der Waals surface area contributed by atoms with Crippen molar-refractivity contribution in [2.24, 2.45) is 0 Å². The van der Waals surface area contributed by atoms with Gasteiger partial charge in [-0.25, -0.2) is 0 Å². The summed E-state index contributed by atoms with van der Waals surface area (Å²) in [6.07, 6.45) is 5.07. The molecule has 1 amide bonds. The maximum Gasteiger partial charge on any atom is 0.255 e. The number of piperidine rings is 1. The number of carbonyl (C=O) groups excluding carboxylic acids is 1. The average molecular weight is 364 g/mol. The number of rotatable bonds is 4. The van der Waals surface area contributed by atoms with Crippen molar-refractivity contribution in [1.82, 2.24) is 20.1 Å². The van der Waals surface area contributed by atoms with Gasteiger partial charge in [0.15, 0.2) is 0 Å². The summed E-state index contributed by atoms with van der Waals surface area (Å²) in [7, 11) is 1.62. The minimum atomic E-state index is -0.0136. The number of ether oxygens (including phenoxy) is 1. The maximum absolute atomic E-state index is 12.7. The van der Waals surface area contributed by atoms with Gasteiger partial charge in [0, 0.05) is 31.0 Å². The summed E-state index contributed by atoms with van der Waals surface area (Å²) in [6, 6.07) is 11.1. The van der Waals surface area contributed by atoms with Crippen molar-refractivity contribution < 1.29 is 13.9 Å². The molecule has 1 atom stereocenters. The van der Waals surface area contributed by atoms with E-state index < -0.39 is 0 Å². The smallest absolute Gasteiger partial charge is 0.255 e. The fourth-order valence-electron chi connectivity index (χ4n) is 3.31. The van der Waals surface area contributed by atoms with Gasteiger partial charge in [0.1, 0.15) is 5.75 Å². The Kier molecular flexibility index (Phi) is 4.82. The molecule has 0 saturated carbocycles. The maximum atomic E-state index is 12.7. The monoisotopic (exact) mass is 364 g/mol. The Balaban J connectivity index is 1.50. The van der Waals surface area contributed by atoms with Crippen molar-refractivity contribution in [3.63, 3.8) is 0 Å². The highest BCUT2D eigenvalue weighted by atomic mass is 16.5. The van der Waals surface area contributed by atoms with Gasteiger partial charge >= 0.3 is 0 Å². The number of hydrogen-bond donors (Lipinski definition) is 0. The summed E-state index contributed by atoms with van der Waals surface area (Å²) in [5.41, 5.74) is 1.41. The Morgan fingerprint density at radius 2 is 2.19 bits per heavy atom. The fraction of sp³-hybridized carbons (Fsp3) is 0.300. The van der Waals surface area contributed by atoms with Gasteiger partial charge in [0.05, 0.1) is 18.6 Å². The minimum absolute atomic E-state index is 0.0136. The van der Waals surface area contributed by atoms with E-state index in [1.54, 1.807) is 31.6 Å². The van der Waals surface area contributed by atoms with Gasteiger partial charge in [0.25, 0.3) is 5.91 Å². The highest BCUT2D eigenvalue weighted by molar-refractivity contribution is 5.93. The van der Waals surface area contributed by atoms with E-state index in [0.29, 0.717) is 23.9 Å². The first-order valence-corrected chi connectivity index (χ1v) is 8.91. The van der Waals surface area contributed by atoms with Gasteiger partial charge in [0.2, 0.25) is 11.8 Å². The zero-order chi connectivity index (χ0) is 18.6. The molecular formula is C20H20N4O3. The second-order valence-electron chi connectivity index (χ2n) is 6.51. The van der Waals surface area contributed by atoms with Gasteiger partial charge in [-0.3, -0.25) is 9.78 Å².